The molecule has 1 heterocycles. The Morgan fingerprint density at radius 1 is 1.33 bits per heavy atom. The van der Waals surface area contributed by atoms with E-state index in [1.165, 1.54) is 5.56 Å². The fourth-order valence-corrected chi connectivity index (χ4v) is 2.42. The van der Waals surface area contributed by atoms with E-state index in [0.717, 1.165) is 18.7 Å². The van der Waals surface area contributed by atoms with Crippen LogP contribution in [0.5, 0.6) is 0 Å². The van der Waals surface area contributed by atoms with Gasteiger partial charge in [-0.1, -0.05) is 29.8 Å². The highest BCUT2D eigenvalue weighted by Gasteiger charge is 2.19. The minimum absolute atomic E-state index is 0.431. The Bertz CT molecular complexity index is 662. The number of nitrogens with two attached hydrogens (primary N) is 1. The van der Waals surface area contributed by atoms with Gasteiger partial charge >= 0.3 is 0 Å². The second-order valence-corrected chi connectivity index (χ2v) is 5.01. The van der Waals surface area contributed by atoms with Crippen molar-refractivity contribution in [2.45, 2.75) is 27.3 Å². The van der Waals surface area contributed by atoms with Crippen molar-refractivity contribution in [1.29, 1.82) is 5.26 Å². The third-order valence-electron chi connectivity index (χ3n) is 3.56. The molecule has 0 bridgehead atoms. The first-order valence-electron chi connectivity index (χ1n) is 7.17. The lowest BCUT2D eigenvalue weighted by molar-refractivity contribution is 0.686. The molecule has 0 unspecified atom stereocenters. The molecule has 0 aliphatic heterocycles. The van der Waals surface area contributed by atoms with Crippen molar-refractivity contribution in [2.75, 3.05) is 23.7 Å². The quantitative estimate of drug-likeness (QED) is 0.915. The van der Waals surface area contributed by atoms with E-state index in [2.05, 4.69) is 30.2 Å². The number of anilines is 2. The molecule has 21 heavy (non-hydrogen) atoms. The molecule has 2 rings (SSSR count). The van der Waals surface area contributed by atoms with Crippen LogP contribution in [0, 0.1) is 18.3 Å². The normalized spacial score (nSPS) is 10.4. The molecule has 0 fully saturated rings. The molecule has 0 aliphatic rings. The van der Waals surface area contributed by atoms with Gasteiger partial charge in [-0.15, -0.1) is 0 Å². The highest BCUT2D eigenvalue weighted by molar-refractivity contribution is 5.65. The maximum atomic E-state index is 9.35. The van der Waals surface area contributed by atoms with Crippen LogP contribution in [-0.4, -0.2) is 22.9 Å². The molecule has 110 valence electrons. The Balaban J connectivity index is 2.39. The fourth-order valence-electron chi connectivity index (χ4n) is 2.42. The summed E-state index contributed by atoms with van der Waals surface area (Å²) in [6.45, 7) is 8.31. The first-order chi connectivity index (χ1) is 10.1. The van der Waals surface area contributed by atoms with E-state index < -0.39 is 0 Å². The predicted molar refractivity (Wildman–Crippen MR) is 85.2 cm³/mol. The van der Waals surface area contributed by atoms with E-state index in [9.17, 15) is 5.26 Å². The highest BCUT2D eigenvalue weighted by Crippen LogP contribution is 2.25. The second-order valence-electron chi connectivity index (χ2n) is 5.01. The van der Waals surface area contributed by atoms with Gasteiger partial charge < -0.3 is 10.6 Å². The van der Waals surface area contributed by atoms with E-state index in [0.29, 0.717) is 23.7 Å². The van der Waals surface area contributed by atoms with Crippen molar-refractivity contribution >= 4 is 11.6 Å². The molecule has 0 spiro atoms. The van der Waals surface area contributed by atoms with E-state index in [1.807, 2.05) is 30.9 Å². The smallest absolute Gasteiger partial charge is 0.170 e. The molecule has 5 heteroatoms. The Morgan fingerprint density at radius 3 is 2.62 bits per heavy atom. The van der Waals surface area contributed by atoms with Gasteiger partial charge in [0.25, 0.3) is 0 Å². The molecular formula is C16H21N5. The first-order valence-corrected chi connectivity index (χ1v) is 7.17. The molecule has 0 saturated heterocycles. The highest BCUT2D eigenvalue weighted by atomic mass is 15.4. The number of hydrogen-bond donors (Lipinski definition) is 1. The Labute approximate surface area is 125 Å². The zero-order valence-corrected chi connectivity index (χ0v) is 12.8. The summed E-state index contributed by atoms with van der Waals surface area (Å²) >= 11 is 0. The van der Waals surface area contributed by atoms with E-state index in [1.54, 1.807) is 4.68 Å². The third-order valence-corrected chi connectivity index (χ3v) is 3.56. The summed E-state index contributed by atoms with van der Waals surface area (Å²) in [5.74, 6) is 1.11. The van der Waals surface area contributed by atoms with Crippen molar-refractivity contribution < 1.29 is 0 Å². The largest absolute Gasteiger partial charge is 0.383 e. The van der Waals surface area contributed by atoms with Crippen LogP contribution < -0.4 is 10.6 Å². The molecule has 2 N–H and O–H groups in total. The van der Waals surface area contributed by atoms with Crippen molar-refractivity contribution in [3.05, 3.63) is 41.0 Å². The van der Waals surface area contributed by atoms with Crippen LogP contribution in [0.25, 0.3) is 0 Å². The van der Waals surface area contributed by atoms with Crippen LogP contribution in [0.2, 0.25) is 0 Å². The summed E-state index contributed by atoms with van der Waals surface area (Å²) in [7, 11) is 0. The molecule has 2 aromatic rings. The van der Waals surface area contributed by atoms with Crippen LogP contribution >= 0.6 is 0 Å². The lowest BCUT2D eigenvalue weighted by Gasteiger charge is -2.17. The maximum Gasteiger partial charge on any atom is 0.170 e. The second kappa shape index (κ2) is 6.31. The van der Waals surface area contributed by atoms with Gasteiger partial charge in [-0.2, -0.15) is 10.4 Å². The number of nitriles is 1. The standard InChI is InChI=1S/C16H21N5/c1-4-20(5-2)16-14(10-17)15(18)21(19-16)11-13-8-6-7-12(3)9-13/h6-9H,4-5,11,18H2,1-3H3. The molecule has 0 aliphatic carbocycles. The minimum Gasteiger partial charge on any atom is -0.383 e. The Hall–Kier alpha value is -2.48. The average molecular weight is 283 g/mol. The monoisotopic (exact) mass is 283 g/mol. The predicted octanol–water partition coefficient (Wildman–Crippen LogP) is 2.54. The topological polar surface area (TPSA) is 70.9 Å². The minimum atomic E-state index is 0.431. The van der Waals surface area contributed by atoms with E-state index in [-0.39, 0.29) is 0 Å². The number of nitrogens with zero attached hydrogens (tertiary/aromatic N) is 4. The molecular weight excluding hydrogens is 262 g/mol. The summed E-state index contributed by atoms with van der Waals surface area (Å²) in [5.41, 5.74) is 8.89. The fraction of sp³-hybridized carbons (Fsp3) is 0.375. The summed E-state index contributed by atoms with van der Waals surface area (Å²) in [6.07, 6.45) is 0. The summed E-state index contributed by atoms with van der Waals surface area (Å²) in [5, 5.41) is 13.9. The van der Waals surface area contributed by atoms with Crippen molar-refractivity contribution in [1.82, 2.24) is 9.78 Å². The van der Waals surface area contributed by atoms with Gasteiger partial charge in [-0.25, -0.2) is 4.68 Å². The van der Waals surface area contributed by atoms with E-state index >= 15 is 0 Å². The molecule has 5 nitrogen and oxygen atoms in total. The maximum absolute atomic E-state index is 9.35. The summed E-state index contributed by atoms with van der Waals surface area (Å²) in [4.78, 5) is 2.04. The zero-order valence-electron chi connectivity index (χ0n) is 12.8. The van der Waals surface area contributed by atoms with Crippen LogP contribution in [0.15, 0.2) is 24.3 Å². The molecule has 1 aromatic carbocycles. The number of aromatic nitrogens is 2. The zero-order chi connectivity index (χ0) is 15.4. The van der Waals surface area contributed by atoms with Crippen molar-refractivity contribution in [2.24, 2.45) is 0 Å². The van der Waals surface area contributed by atoms with Crippen molar-refractivity contribution in [3.8, 4) is 6.07 Å². The number of rotatable bonds is 5. The van der Waals surface area contributed by atoms with Gasteiger partial charge in [0.2, 0.25) is 0 Å². The summed E-state index contributed by atoms with van der Waals surface area (Å²) in [6, 6.07) is 10.4. The van der Waals surface area contributed by atoms with Crippen LogP contribution in [0.1, 0.15) is 30.5 Å². The molecule has 1 aromatic heterocycles. The van der Waals surface area contributed by atoms with Gasteiger partial charge in [-0.05, 0) is 26.3 Å². The first kappa shape index (κ1) is 14.9. The lowest BCUT2D eigenvalue weighted by Crippen LogP contribution is -2.23. The van der Waals surface area contributed by atoms with Crippen LogP contribution in [0.3, 0.4) is 0 Å². The number of benzene rings is 1. The van der Waals surface area contributed by atoms with E-state index in [4.69, 9.17) is 5.73 Å². The molecule has 0 atom stereocenters. The molecule has 0 saturated carbocycles. The number of hydrogen-bond acceptors (Lipinski definition) is 4. The SMILES string of the molecule is CCN(CC)c1nn(Cc2cccc(C)c2)c(N)c1C#N. The molecule has 0 radical (unpaired) electrons. The lowest BCUT2D eigenvalue weighted by atomic mass is 10.1. The molecule has 0 amide bonds. The Kier molecular flexibility index (Phi) is 4.49. The van der Waals surface area contributed by atoms with Crippen LogP contribution in [0.4, 0.5) is 11.6 Å². The van der Waals surface area contributed by atoms with Gasteiger partial charge in [-0.3, -0.25) is 0 Å². The van der Waals surface area contributed by atoms with Gasteiger partial charge in [0.05, 0.1) is 6.54 Å². The summed E-state index contributed by atoms with van der Waals surface area (Å²) < 4.78 is 1.71. The van der Waals surface area contributed by atoms with Crippen LogP contribution in [-0.2, 0) is 6.54 Å². The van der Waals surface area contributed by atoms with Gasteiger partial charge in [0, 0.05) is 13.1 Å². The van der Waals surface area contributed by atoms with Gasteiger partial charge in [0.15, 0.2) is 5.82 Å². The van der Waals surface area contributed by atoms with Crippen molar-refractivity contribution in [3.63, 3.8) is 0 Å². The number of aryl methyl sites for hydroxylation is 1. The third kappa shape index (κ3) is 3.00. The Morgan fingerprint density at radius 2 is 2.05 bits per heavy atom. The average Bonchev–Trinajstić information content (AvgIpc) is 2.77. The number of nitrogen functional groups attached to an aromatic ring is 1. The van der Waals surface area contributed by atoms with Gasteiger partial charge in [0.1, 0.15) is 17.5 Å².